The SMILES string of the molecule is Cc1ccc(S[C@@H](C)C(=O)O[C@@H](C(=O)NC2CC2)c2ccccc2)cc1. The van der Waals surface area contributed by atoms with Crippen molar-refractivity contribution in [3.05, 3.63) is 65.7 Å². The molecule has 0 heterocycles. The van der Waals surface area contributed by atoms with Gasteiger partial charge in [0.25, 0.3) is 5.91 Å². The van der Waals surface area contributed by atoms with E-state index in [0.717, 1.165) is 17.7 Å². The quantitative estimate of drug-likeness (QED) is 0.591. The van der Waals surface area contributed by atoms with Crippen molar-refractivity contribution < 1.29 is 14.3 Å². The molecule has 2 aromatic rings. The summed E-state index contributed by atoms with van der Waals surface area (Å²) >= 11 is 1.43. The van der Waals surface area contributed by atoms with Gasteiger partial charge in [0.1, 0.15) is 5.25 Å². The van der Waals surface area contributed by atoms with Crippen LogP contribution < -0.4 is 5.32 Å². The van der Waals surface area contributed by atoms with Gasteiger partial charge in [0.2, 0.25) is 6.10 Å². The number of esters is 1. The molecule has 0 bridgehead atoms. The number of aryl methyl sites for hydroxylation is 1. The van der Waals surface area contributed by atoms with Crippen LogP contribution in [0.4, 0.5) is 0 Å². The summed E-state index contributed by atoms with van der Waals surface area (Å²) in [6.45, 7) is 3.82. The molecule has 1 aliphatic carbocycles. The van der Waals surface area contributed by atoms with Crippen molar-refractivity contribution in [2.75, 3.05) is 0 Å². The first-order valence-electron chi connectivity index (χ1n) is 8.82. The Bertz CT molecular complexity index is 757. The first-order chi connectivity index (χ1) is 12.5. The predicted molar refractivity (Wildman–Crippen MR) is 103 cm³/mol. The molecule has 1 fully saturated rings. The van der Waals surface area contributed by atoms with Crippen LogP contribution in [0.3, 0.4) is 0 Å². The molecular formula is C21H23NO3S. The summed E-state index contributed by atoms with van der Waals surface area (Å²) in [6.07, 6.45) is 1.06. The van der Waals surface area contributed by atoms with Crippen LogP contribution in [0, 0.1) is 6.92 Å². The van der Waals surface area contributed by atoms with Gasteiger partial charge in [0, 0.05) is 16.5 Å². The van der Waals surface area contributed by atoms with Crippen LogP contribution in [0.1, 0.15) is 37.0 Å². The lowest BCUT2D eigenvalue weighted by Gasteiger charge is -2.20. The van der Waals surface area contributed by atoms with Crippen LogP contribution in [0.2, 0.25) is 0 Å². The van der Waals surface area contributed by atoms with Crippen molar-refractivity contribution >= 4 is 23.6 Å². The minimum atomic E-state index is -0.912. The van der Waals surface area contributed by atoms with Gasteiger partial charge in [0.15, 0.2) is 0 Å². The van der Waals surface area contributed by atoms with Crippen molar-refractivity contribution in [2.24, 2.45) is 0 Å². The number of benzene rings is 2. The summed E-state index contributed by atoms with van der Waals surface area (Å²) in [7, 11) is 0. The van der Waals surface area contributed by atoms with E-state index < -0.39 is 17.3 Å². The molecule has 0 radical (unpaired) electrons. The molecule has 2 atom stereocenters. The average molecular weight is 369 g/mol. The summed E-state index contributed by atoms with van der Waals surface area (Å²) in [5, 5.41) is 2.52. The highest BCUT2D eigenvalue weighted by molar-refractivity contribution is 8.00. The van der Waals surface area contributed by atoms with E-state index in [-0.39, 0.29) is 11.9 Å². The van der Waals surface area contributed by atoms with Crippen LogP contribution >= 0.6 is 11.8 Å². The second-order valence-electron chi connectivity index (χ2n) is 6.58. The molecule has 1 aliphatic rings. The van der Waals surface area contributed by atoms with Gasteiger partial charge in [-0.05, 0) is 38.8 Å². The number of nitrogens with one attached hydrogen (secondary N) is 1. The molecule has 1 saturated carbocycles. The zero-order valence-corrected chi connectivity index (χ0v) is 15.8. The molecule has 5 heteroatoms. The molecule has 136 valence electrons. The summed E-state index contributed by atoms with van der Waals surface area (Å²) < 4.78 is 5.61. The monoisotopic (exact) mass is 369 g/mol. The molecular weight excluding hydrogens is 346 g/mol. The van der Waals surface area contributed by atoms with E-state index in [1.54, 1.807) is 6.92 Å². The van der Waals surface area contributed by atoms with E-state index in [9.17, 15) is 9.59 Å². The maximum atomic E-state index is 12.6. The number of amides is 1. The Labute approximate surface area is 158 Å². The Balaban J connectivity index is 1.67. The van der Waals surface area contributed by atoms with Crippen LogP contribution in [-0.4, -0.2) is 23.2 Å². The van der Waals surface area contributed by atoms with Gasteiger partial charge >= 0.3 is 5.97 Å². The van der Waals surface area contributed by atoms with Crippen LogP contribution in [0.15, 0.2) is 59.5 Å². The Hall–Kier alpha value is -2.27. The average Bonchev–Trinajstić information content (AvgIpc) is 3.46. The lowest BCUT2D eigenvalue weighted by molar-refractivity contribution is -0.155. The molecule has 1 amide bonds. The molecule has 4 nitrogen and oxygen atoms in total. The second-order valence-corrected chi connectivity index (χ2v) is 8.00. The number of hydrogen-bond donors (Lipinski definition) is 1. The summed E-state index contributed by atoms with van der Waals surface area (Å²) in [4.78, 5) is 26.1. The molecule has 1 N–H and O–H groups in total. The highest BCUT2D eigenvalue weighted by Crippen LogP contribution is 2.28. The van der Waals surface area contributed by atoms with Crippen molar-refractivity contribution in [3.63, 3.8) is 0 Å². The fourth-order valence-electron chi connectivity index (χ4n) is 2.49. The standard InChI is InChI=1S/C21H23NO3S/c1-14-8-12-18(13-9-14)26-15(2)21(24)25-19(16-6-4-3-5-7-16)20(23)22-17-10-11-17/h3-9,12-13,15,17,19H,10-11H2,1-2H3,(H,22,23)/t15-,19+/m0/s1. The van der Waals surface area contributed by atoms with Crippen LogP contribution in [-0.2, 0) is 14.3 Å². The third-order valence-electron chi connectivity index (χ3n) is 4.16. The Morgan fingerprint density at radius 2 is 1.73 bits per heavy atom. The maximum absolute atomic E-state index is 12.6. The highest BCUT2D eigenvalue weighted by atomic mass is 32.2. The van der Waals surface area contributed by atoms with Crippen LogP contribution in [0.5, 0.6) is 0 Å². The van der Waals surface area contributed by atoms with Crippen molar-refractivity contribution in [1.82, 2.24) is 5.32 Å². The molecule has 2 aromatic carbocycles. The van der Waals surface area contributed by atoms with Gasteiger partial charge < -0.3 is 10.1 Å². The Morgan fingerprint density at radius 1 is 1.08 bits per heavy atom. The molecule has 0 unspecified atom stereocenters. The number of thioether (sulfide) groups is 1. The smallest absolute Gasteiger partial charge is 0.320 e. The van der Waals surface area contributed by atoms with Crippen molar-refractivity contribution in [2.45, 2.75) is 49.0 Å². The Kier molecular flexibility index (Phi) is 5.99. The summed E-state index contributed by atoms with van der Waals surface area (Å²) in [6, 6.07) is 17.4. The fourth-order valence-corrected chi connectivity index (χ4v) is 3.34. The summed E-state index contributed by atoms with van der Waals surface area (Å²) in [5.74, 6) is -0.644. The number of carbonyl (C=O) groups excluding carboxylic acids is 2. The minimum Gasteiger partial charge on any atom is -0.446 e. The molecule has 3 rings (SSSR count). The van der Waals surface area contributed by atoms with E-state index in [1.807, 2.05) is 61.5 Å². The number of hydrogen-bond acceptors (Lipinski definition) is 4. The third kappa shape index (κ3) is 5.11. The number of carbonyl (C=O) groups is 2. The summed E-state index contributed by atoms with van der Waals surface area (Å²) in [5.41, 5.74) is 1.86. The van der Waals surface area contributed by atoms with Gasteiger partial charge in [-0.25, -0.2) is 0 Å². The minimum absolute atomic E-state index is 0.215. The fraction of sp³-hybridized carbons (Fsp3) is 0.333. The topological polar surface area (TPSA) is 55.4 Å². The molecule has 0 saturated heterocycles. The lowest BCUT2D eigenvalue weighted by Crippen LogP contribution is -2.34. The van der Waals surface area contributed by atoms with Crippen molar-refractivity contribution in [1.29, 1.82) is 0 Å². The zero-order valence-electron chi connectivity index (χ0n) is 15.0. The van der Waals surface area contributed by atoms with E-state index >= 15 is 0 Å². The highest BCUT2D eigenvalue weighted by Gasteiger charge is 2.32. The molecule has 0 aromatic heterocycles. The maximum Gasteiger partial charge on any atom is 0.320 e. The molecule has 0 spiro atoms. The van der Waals surface area contributed by atoms with Gasteiger partial charge in [-0.2, -0.15) is 0 Å². The first kappa shape index (κ1) is 18.5. The Morgan fingerprint density at radius 3 is 2.35 bits per heavy atom. The van der Waals surface area contributed by atoms with E-state index in [2.05, 4.69) is 5.32 Å². The lowest BCUT2D eigenvalue weighted by atomic mass is 10.1. The largest absolute Gasteiger partial charge is 0.446 e. The molecule has 26 heavy (non-hydrogen) atoms. The number of rotatable bonds is 7. The van der Waals surface area contributed by atoms with E-state index in [1.165, 1.54) is 17.3 Å². The zero-order chi connectivity index (χ0) is 18.5. The normalized spacial score (nSPS) is 15.8. The van der Waals surface area contributed by atoms with Gasteiger partial charge in [-0.15, -0.1) is 11.8 Å². The molecule has 0 aliphatic heterocycles. The van der Waals surface area contributed by atoms with Crippen LogP contribution in [0.25, 0.3) is 0 Å². The third-order valence-corrected chi connectivity index (χ3v) is 5.25. The predicted octanol–water partition coefficient (Wildman–Crippen LogP) is 4.04. The van der Waals surface area contributed by atoms with Gasteiger partial charge in [0.05, 0.1) is 0 Å². The van der Waals surface area contributed by atoms with Gasteiger partial charge in [-0.1, -0.05) is 48.0 Å². The van der Waals surface area contributed by atoms with E-state index in [0.29, 0.717) is 5.56 Å². The van der Waals surface area contributed by atoms with E-state index in [4.69, 9.17) is 4.74 Å². The second kappa shape index (κ2) is 8.41. The van der Waals surface area contributed by atoms with Crippen molar-refractivity contribution in [3.8, 4) is 0 Å². The van der Waals surface area contributed by atoms with Gasteiger partial charge in [-0.3, -0.25) is 9.59 Å². The number of ether oxygens (including phenoxy) is 1. The first-order valence-corrected chi connectivity index (χ1v) is 9.70.